The highest BCUT2D eigenvalue weighted by molar-refractivity contribution is 9.09. The Kier molecular flexibility index (Phi) is 5.52. The molecule has 1 saturated heterocycles. The third-order valence-corrected chi connectivity index (χ3v) is 2.74. The van der Waals surface area contributed by atoms with Crippen LogP contribution < -0.4 is 5.32 Å². The fourth-order valence-electron chi connectivity index (χ4n) is 1.68. The van der Waals surface area contributed by atoms with E-state index in [1.54, 1.807) is 7.11 Å². The molecule has 0 radical (unpaired) electrons. The molecule has 1 fully saturated rings. The summed E-state index contributed by atoms with van der Waals surface area (Å²) in [7, 11) is 1.65. The lowest BCUT2D eigenvalue weighted by Crippen LogP contribution is -2.47. The number of alkyl halides is 1. The molecule has 2 unspecified atom stereocenters. The summed E-state index contributed by atoms with van der Waals surface area (Å²) < 4.78 is 10.9. The highest BCUT2D eigenvalue weighted by Gasteiger charge is 2.28. The largest absolute Gasteiger partial charge is 0.500 e. The molecule has 2 atom stereocenters. The first kappa shape index (κ1) is 12.0. The van der Waals surface area contributed by atoms with Crippen LogP contribution in [-0.2, 0) is 9.47 Å². The lowest BCUT2D eigenvalue weighted by Gasteiger charge is -2.32. The Morgan fingerprint density at radius 1 is 1.64 bits per heavy atom. The SMILES string of the molecule is C=C(OC)C1NCCCC1OCCBr. The molecule has 0 aliphatic carbocycles. The zero-order chi connectivity index (χ0) is 10.4. The first-order valence-electron chi connectivity index (χ1n) is 4.93. The standard InChI is InChI=1S/C10H18BrNO2/c1-8(13-2)10-9(14-7-5-11)4-3-6-12-10/h9-10,12H,1,3-7H2,2H3. The lowest BCUT2D eigenvalue weighted by molar-refractivity contribution is 0.0133. The molecule has 1 aliphatic rings. The van der Waals surface area contributed by atoms with E-state index in [0.29, 0.717) is 0 Å². The normalized spacial score (nSPS) is 27.3. The number of halogens is 1. The van der Waals surface area contributed by atoms with Crippen LogP contribution in [0, 0.1) is 0 Å². The van der Waals surface area contributed by atoms with E-state index in [2.05, 4.69) is 27.8 Å². The smallest absolute Gasteiger partial charge is 0.108 e. The minimum Gasteiger partial charge on any atom is -0.500 e. The highest BCUT2D eigenvalue weighted by atomic mass is 79.9. The molecule has 0 amide bonds. The maximum absolute atomic E-state index is 5.72. The average Bonchev–Trinajstić information content (AvgIpc) is 2.25. The monoisotopic (exact) mass is 263 g/mol. The van der Waals surface area contributed by atoms with E-state index in [-0.39, 0.29) is 12.1 Å². The van der Waals surface area contributed by atoms with Crippen molar-refractivity contribution in [2.75, 3.05) is 25.6 Å². The van der Waals surface area contributed by atoms with Crippen LogP contribution in [0.3, 0.4) is 0 Å². The van der Waals surface area contributed by atoms with Crippen LogP contribution in [0.15, 0.2) is 12.3 Å². The molecule has 0 bridgehead atoms. The van der Waals surface area contributed by atoms with E-state index in [0.717, 1.165) is 37.1 Å². The molecule has 1 aliphatic heterocycles. The van der Waals surface area contributed by atoms with Gasteiger partial charge < -0.3 is 14.8 Å². The molecule has 0 saturated carbocycles. The number of ether oxygens (including phenoxy) is 2. The first-order chi connectivity index (χ1) is 6.79. The second kappa shape index (κ2) is 6.43. The van der Waals surface area contributed by atoms with Gasteiger partial charge in [-0.1, -0.05) is 22.5 Å². The van der Waals surface area contributed by atoms with Gasteiger partial charge in [-0.3, -0.25) is 0 Å². The maximum atomic E-state index is 5.72. The Hall–Kier alpha value is -0.0600. The molecule has 4 heteroatoms. The van der Waals surface area contributed by atoms with Crippen LogP contribution in [0.4, 0.5) is 0 Å². The molecule has 0 aromatic heterocycles. The van der Waals surface area contributed by atoms with Gasteiger partial charge in [0.05, 0.1) is 25.9 Å². The summed E-state index contributed by atoms with van der Waals surface area (Å²) >= 11 is 3.35. The lowest BCUT2D eigenvalue weighted by atomic mass is 10.00. The summed E-state index contributed by atoms with van der Waals surface area (Å²) in [5.41, 5.74) is 0. The van der Waals surface area contributed by atoms with Gasteiger partial charge in [-0.05, 0) is 19.4 Å². The van der Waals surface area contributed by atoms with Gasteiger partial charge in [-0.15, -0.1) is 0 Å². The molecule has 14 heavy (non-hydrogen) atoms. The van der Waals surface area contributed by atoms with E-state index in [1.165, 1.54) is 0 Å². The minimum atomic E-state index is 0.146. The topological polar surface area (TPSA) is 30.5 Å². The molecule has 1 N–H and O–H groups in total. The van der Waals surface area contributed by atoms with Gasteiger partial charge >= 0.3 is 0 Å². The van der Waals surface area contributed by atoms with E-state index in [1.807, 2.05) is 0 Å². The fraction of sp³-hybridized carbons (Fsp3) is 0.800. The Bertz CT molecular complexity index is 187. The summed E-state index contributed by atoms with van der Waals surface area (Å²) in [6.45, 7) is 5.63. The fourth-order valence-corrected chi connectivity index (χ4v) is 1.87. The van der Waals surface area contributed by atoms with Crippen molar-refractivity contribution < 1.29 is 9.47 Å². The molecule has 3 nitrogen and oxygen atoms in total. The molecule has 0 aromatic rings. The predicted octanol–water partition coefficient (Wildman–Crippen LogP) is 1.68. The predicted molar refractivity (Wildman–Crippen MR) is 60.7 cm³/mol. The second-order valence-electron chi connectivity index (χ2n) is 3.34. The summed E-state index contributed by atoms with van der Waals surface area (Å²) in [6, 6.07) is 0.146. The van der Waals surface area contributed by atoms with Crippen LogP contribution in [0.2, 0.25) is 0 Å². The Labute approximate surface area is 94.0 Å². The zero-order valence-corrected chi connectivity index (χ0v) is 10.2. The summed E-state index contributed by atoms with van der Waals surface area (Å²) in [4.78, 5) is 0. The molecular weight excluding hydrogens is 246 g/mol. The van der Waals surface area contributed by atoms with Gasteiger partial charge in [0.15, 0.2) is 0 Å². The van der Waals surface area contributed by atoms with Crippen molar-refractivity contribution in [3.05, 3.63) is 12.3 Å². The molecule has 0 spiro atoms. The van der Waals surface area contributed by atoms with Crippen LogP contribution in [-0.4, -0.2) is 37.7 Å². The van der Waals surface area contributed by atoms with Crippen molar-refractivity contribution in [1.29, 1.82) is 0 Å². The van der Waals surface area contributed by atoms with Crippen molar-refractivity contribution in [3.8, 4) is 0 Å². The van der Waals surface area contributed by atoms with Crippen molar-refractivity contribution in [2.24, 2.45) is 0 Å². The van der Waals surface area contributed by atoms with Crippen LogP contribution in [0.5, 0.6) is 0 Å². The number of hydrogen-bond acceptors (Lipinski definition) is 3. The van der Waals surface area contributed by atoms with Crippen molar-refractivity contribution in [2.45, 2.75) is 25.0 Å². The van der Waals surface area contributed by atoms with Crippen molar-refractivity contribution >= 4 is 15.9 Å². The quantitative estimate of drug-likeness (QED) is 0.605. The van der Waals surface area contributed by atoms with Crippen LogP contribution >= 0.6 is 15.9 Å². The maximum Gasteiger partial charge on any atom is 0.108 e. The zero-order valence-electron chi connectivity index (χ0n) is 8.59. The van der Waals surface area contributed by atoms with E-state index >= 15 is 0 Å². The molecule has 0 aromatic carbocycles. The van der Waals surface area contributed by atoms with Gasteiger partial charge in [0.25, 0.3) is 0 Å². The minimum absolute atomic E-state index is 0.146. The van der Waals surface area contributed by atoms with Gasteiger partial charge in [-0.25, -0.2) is 0 Å². The number of hydrogen-bond donors (Lipinski definition) is 1. The third kappa shape index (κ3) is 3.26. The molecule has 82 valence electrons. The van der Waals surface area contributed by atoms with E-state index < -0.39 is 0 Å². The Balaban J connectivity index is 2.45. The number of piperidine rings is 1. The highest BCUT2D eigenvalue weighted by Crippen LogP contribution is 2.18. The Morgan fingerprint density at radius 3 is 3.07 bits per heavy atom. The molecule has 1 rings (SSSR count). The van der Waals surface area contributed by atoms with Crippen molar-refractivity contribution in [1.82, 2.24) is 5.32 Å². The van der Waals surface area contributed by atoms with Crippen LogP contribution in [0.1, 0.15) is 12.8 Å². The van der Waals surface area contributed by atoms with E-state index in [4.69, 9.17) is 9.47 Å². The van der Waals surface area contributed by atoms with Crippen LogP contribution in [0.25, 0.3) is 0 Å². The summed E-state index contributed by atoms with van der Waals surface area (Å²) in [5.74, 6) is 0.768. The third-order valence-electron chi connectivity index (χ3n) is 2.42. The Morgan fingerprint density at radius 2 is 2.43 bits per heavy atom. The van der Waals surface area contributed by atoms with Gasteiger partial charge in [0, 0.05) is 5.33 Å². The number of methoxy groups -OCH3 is 1. The summed E-state index contributed by atoms with van der Waals surface area (Å²) in [6.07, 6.45) is 2.43. The van der Waals surface area contributed by atoms with Gasteiger partial charge in [-0.2, -0.15) is 0 Å². The first-order valence-corrected chi connectivity index (χ1v) is 6.05. The average molecular weight is 264 g/mol. The molecular formula is C10H18BrNO2. The van der Waals surface area contributed by atoms with Gasteiger partial charge in [0.2, 0.25) is 0 Å². The molecule has 1 heterocycles. The summed E-state index contributed by atoms with van der Waals surface area (Å²) in [5, 5.41) is 4.23. The number of rotatable bonds is 5. The van der Waals surface area contributed by atoms with E-state index in [9.17, 15) is 0 Å². The van der Waals surface area contributed by atoms with Gasteiger partial charge in [0.1, 0.15) is 5.76 Å². The second-order valence-corrected chi connectivity index (χ2v) is 4.14. The number of nitrogens with one attached hydrogen (secondary N) is 1. The van der Waals surface area contributed by atoms with Crippen molar-refractivity contribution in [3.63, 3.8) is 0 Å².